The zero-order valence-electron chi connectivity index (χ0n) is 18.0. The molecule has 0 aliphatic carbocycles. The molecule has 10 nitrogen and oxygen atoms in total. The highest BCUT2D eigenvalue weighted by Crippen LogP contribution is 2.23. The summed E-state index contributed by atoms with van der Waals surface area (Å²) in [6.45, 7) is 4.90. The van der Waals surface area contributed by atoms with E-state index in [1.165, 1.54) is 0 Å². The number of imide groups is 1. The van der Waals surface area contributed by atoms with E-state index in [0.29, 0.717) is 29.2 Å². The third-order valence-corrected chi connectivity index (χ3v) is 5.51. The normalized spacial score (nSPS) is 18.1. The van der Waals surface area contributed by atoms with Gasteiger partial charge in [-0.1, -0.05) is 6.07 Å². The number of hydrogen-bond acceptors (Lipinski definition) is 8. The second kappa shape index (κ2) is 9.39. The van der Waals surface area contributed by atoms with Crippen LogP contribution in [0.25, 0.3) is 11.7 Å². The molecule has 0 spiro atoms. The van der Waals surface area contributed by atoms with Gasteiger partial charge >= 0.3 is 0 Å². The minimum Gasteiger partial charge on any atom is -0.492 e. The first-order valence-corrected chi connectivity index (χ1v) is 10.8. The Morgan fingerprint density at radius 3 is 2.91 bits per heavy atom. The van der Waals surface area contributed by atoms with Crippen LogP contribution in [0, 0.1) is 0 Å². The standard InChI is InChI=1S/C23H24N6O4/c30-21-13-16(23(31)27-21)12-17-15-24-29-5-4-20(26-22(17)29)25-18-2-1-3-19(14-18)33-11-8-28-6-9-32-10-7-28/h1-5,12,14-15H,6-11,13H2,(H,25,26)(H,27,30,31)/b16-12+. The SMILES string of the molecule is O=C1C/C(=C\c2cnn3ccc(Nc4cccc(OCCN5CCOCC5)c4)nc23)C(=O)N1. The van der Waals surface area contributed by atoms with Gasteiger partial charge in [-0.15, -0.1) is 0 Å². The molecule has 2 aromatic heterocycles. The lowest BCUT2D eigenvalue weighted by Crippen LogP contribution is -2.38. The molecule has 2 fully saturated rings. The number of amides is 2. The molecule has 4 heterocycles. The highest BCUT2D eigenvalue weighted by atomic mass is 16.5. The number of hydrogen-bond donors (Lipinski definition) is 2. The Morgan fingerprint density at radius 1 is 1.21 bits per heavy atom. The number of fused-ring (bicyclic) bond motifs is 1. The van der Waals surface area contributed by atoms with Crippen molar-refractivity contribution in [3.63, 3.8) is 0 Å². The quantitative estimate of drug-likeness (QED) is 0.415. The number of nitrogens with zero attached hydrogens (tertiary/aromatic N) is 4. The van der Waals surface area contributed by atoms with Gasteiger partial charge in [0.15, 0.2) is 5.65 Å². The molecule has 0 atom stereocenters. The molecule has 2 aliphatic rings. The lowest BCUT2D eigenvalue weighted by Gasteiger charge is -2.26. The molecule has 0 saturated carbocycles. The van der Waals surface area contributed by atoms with E-state index in [-0.39, 0.29) is 18.2 Å². The van der Waals surface area contributed by atoms with E-state index in [2.05, 4.69) is 25.6 Å². The Morgan fingerprint density at radius 2 is 2.09 bits per heavy atom. The largest absolute Gasteiger partial charge is 0.492 e. The summed E-state index contributed by atoms with van der Waals surface area (Å²) in [6, 6.07) is 9.54. The van der Waals surface area contributed by atoms with Crippen molar-refractivity contribution in [3.8, 4) is 5.75 Å². The molecule has 2 N–H and O–H groups in total. The van der Waals surface area contributed by atoms with Crippen molar-refractivity contribution < 1.29 is 19.1 Å². The van der Waals surface area contributed by atoms with Crippen LogP contribution < -0.4 is 15.4 Å². The summed E-state index contributed by atoms with van der Waals surface area (Å²) in [4.78, 5) is 30.3. The zero-order chi connectivity index (χ0) is 22.6. The van der Waals surface area contributed by atoms with Crippen LogP contribution >= 0.6 is 0 Å². The third kappa shape index (κ3) is 5.02. The summed E-state index contributed by atoms with van der Waals surface area (Å²) in [5, 5.41) is 9.85. The highest BCUT2D eigenvalue weighted by molar-refractivity contribution is 6.15. The predicted octanol–water partition coefficient (Wildman–Crippen LogP) is 1.61. The van der Waals surface area contributed by atoms with Crippen LogP contribution in [0.5, 0.6) is 5.75 Å². The summed E-state index contributed by atoms with van der Waals surface area (Å²) in [7, 11) is 0. The van der Waals surface area contributed by atoms with Gasteiger partial charge in [0.25, 0.3) is 5.91 Å². The Hall–Kier alpha value is -3.76. The van der Waals surface area contributed by atoms with Crippen LogP contribution in [0.2, 0.25) is 0 Å². The Labute approximate surface area is 190 Å². The van der Waals surface area contributed by atoms with Crippen molar-refractivity contribution in [1.29, 1.82) is 0 Å². The van der Waals surface area contributed by atoms with Crippen molar-refractivity contribution >= 4 is 35.0 Å². The minimum atomic E-state index is -0.376. The molecule has 5 rings (SSSR count). The highest BCUT2D eigenvalue weighted by Gasteiger charge is 2.24. The molecule has 33 heavy (non-hydrogen) atoms. The molecule has 2 aliphatic heterocycles. The second-order valence-electron chi connectivity index (χ2n) is 7.86. The van der Waals surface area contributed by atoms with Crippen molar-refractivity contribution in [2.45, 2.75) is 6.42 Å². The van der Waals surface area contributed by atoms with E-state index in [1.807, 2.05) is 30.3 Å². The predicted molar refractivity (Wildman–Crippen MR) is 121 cm³/mol. The summed E-state index contributed by atoms with van der Waals surface area (Å²) in [5.41, 5.74) is 2.49. The van der Waals surface area contributed by atoms with E-state index < -0.39 is 0 Å². The number of anilines is 2. The lowest BCUT2D eigenvalue weighted by atomic mass is 10.1. The van der Waals surface area contributed by atoms with Crippen molar-refractivity contribution in [3.05, 3.63) is 53.9 Å². The van der Waals surface area contributed by atoms with Crippen LogP contribution in [0.1, 0.15) is 12.0 Å². The molecular formula is C23H24N6O4. The maximum Gasteiger partial charge on any atom is 0.254 e. The van der Waals surface area contributed by atoms with Crippen molar-refractivity contribution in [2.75, 3.05) is 44.8 Å². The van der Waals surface area contributed by atoms with E-state index in [1.54, 1.807) is 23.0 Å². The molecule has 170 valence electrons. The summed E-state index contributed by atoms with van der Waals surface area (Å²) in [5.74, 6) is 0.727. The van der Waals surface area contributed by atoms with Crippen LogP contribution in [0.3, 0.4) is 0 Å². The average molecular weight is 448 g/mol. The third-order valence-electron chi connectivity index (χ3n) is 5.51. The van der Waals surface area contributed by atoms with Gasteiger partial charge in [-0.3, -0.25) is 19.8 Å². The first kappa shape index (κ1) is 21.1. The van der Waals surface area contributed by atoms with Gasteiger partial charge in [0.1, 0.15) is 18.2 Å². The van der Waals surface area contributed by atoms with Crippen molar-refractivity contribution in [1.82, 2.24) is 24.8 Å². The number of carbonyl (C=O) groups is 2. The fourth-order valence-corrected chi connectivity index (χ4v) is 3.80. The average Bonchev–Trinajstić information content (AvgIpc) is 3.36. The van der Waals surface area contributed by atoms with Gasteiger partial charge in [0, 0.05) is 48.7 Å². The molecule has 0 bridgehead atoms. The first-order valence-electron chi connectivity index (χ1n) is 10.8. The maximum absolute atomic E-state index is 11.9. The van der Waals surface area contributed by atoms with Crippen LogP contribution in [0.4, 0.5) is 11.5 Å². The Balaban J connectivity index is 1.27. The second-order valence-corrected chi connectivity index (χ2v) is 7.86. The van der Waals surface area contributed by atoms with E-state index in [4.69, 9.17) is 9.47 Å². The fraction of sp³-hybridized carbons (Fsp3) is 0.304. The molecule has 0 radical (unpaired) electrons. The van der Waals surface area contributed by atoms with Crippen LogP contribution in [-0.2, 0) is 14.3 Å². The molecular weight excluding hydrogens is 424 g/mol. The lowest BCUT2D eigenvalue weighted by molar-refractivity contribution is -0.124. The topological polar surface area (TPSA) is 110 Å². The fourth-order valence-electron chi connectivity index (χ4n) is 3.80. The zero-order valence-corrected chi connectivity index (χ0v) is 18.0. The number of carbonyl (C=O) groups excluding carboxylic acids is 2. The van der Waals surface area contributed by atoms with Gasteiger partial charge in [0.05, 0.1) is 25.8 Å². The smallest absolute Gasteiger partial charge is 0.254 e. The number of rotatable bonds is 7. The van der Waals surface area contributed by atoms with Gasteiger partial charge < -0.3 is 14.8 Å². The van der Waals surface area contributed by atoms with E-state index >= 15 is 0 Å². The summed E-state index contributed by atoms with van der Waals surface area (Å²) in [6.07, 6.45) is 5.13. The number of benzene rings is 1. The Bertz CT molecular complexity index is 1210. The Kier molecular flexibility index (Phi) is 6.01. The van der Waals surface area contributed by atoms with E-state index in [0.717, 1.165) is 44.3 Å². The van der Waals surface area contributed by atoms with Gasteiger partial charge in [0.2, 0.25) is 5.91 Å². The first-order chi connectivity index (χ1) is 16.1. The summed E-state index contributed by atoms with van der Waals surface area (Å²) >= 11 is 0. The monoisotopic (exact) mass is 448 g/mol. The van der Waals surface area contributed by atoms with Crippen molar-refractivity contribution in [2.24, 2.45) is 0 Å². The molecule has 10 heteroatoms. The van der Waals surface area contributed by atoms with E-state index in [9.17, 15) is 9.59 Å². The molecule has 1 aromatic carbocycles. The maximum atomic E-state index is 11.9. The molecule has 3 aromatic rings. The summed E-state index contributed by atoms with van der Waals surface area (Å²) < 4.78 is 12.9. The van der Waals surface area contributed by atoms with Gasteiger partial charge in [-0.05, 0) is 24.3 Å². The molecule has 0 unspecified atom stereocenters. The number of morpholine rings is 1. The molecule has 2 amide bonds. The number of nitrogens with one attached hydrogen (secondary N) is 2. The molecule has 2 saturated heterocycles. The van der Waals surface area contributed by atoms with Crippen LogP contribution in [-0.4, -0.2) is 70.8 Å². The van der Waals surface area contributed by atoms with Gasteiger partial charge in [-0.25, -0.2) is 9.50 Å². The minimum absolute atomic E-state index is 0.0619. The van der Waals surface area contributed by atoms with Crippen LogP contribution in [0.15, 0.2) is 48.3 Å². The number of aromatic nitrogens is 3. The number of ether oxygens (including phenoxy) is 2. The van der Waals surface area contributed by atoms with Gasteiger partial charge in [-0.2, -0.15) is 5.10 Å².